The third-order valence-electron chi connectivity index (χ3n) is 2.78. The highest BCUT2D eigenvalue weighted by molar-refractivity contribution is 9.10. The van der Waals surface area contributed by atoms with Crippen LogP contribution in [0.1, 0.15) is 13.8 Å². The molecule has 1 aromatic rings. The Kier molecular flexibility index (Phi) is 11.0. The summed E-state index contributed by atoms with van der Waals surface area (Å²) < 4.78 is 6.40. The Bertz CT molecular complexity index is 410. The first-order chi connectivity index (χ1) is 9.88. The molecule has 0 aliphatic carbocycles. The van der Waals surface area contributed by atoms with Crippen LogP contribution in [0.3, 0.4) is 0 Å². The van der Waals surface area contributed by atoms with Crippen molar-refractivity contribution in [1.29, 1.82) is 0 Å². The van der Waals surface area contributed by atoms with E-state index in [-0.39, 0.29) is 19.0 Å². The standard InChI is InChI=1S/C15H24BrNO4.ClH/c1-11(18)7-17(8-12(2)19)9-13(20)10-21-15-6-4-3-5-14(15)16;/h3-6,11-13,18-20H,7-10H2,1-2H3;1H. The molecule has 0 fully saturated rings. The SMILES string of the molecule is CC(O)CN(CC(C)O)CC(O)COc1ccccc1Br.Cl. The van der Waals surface area contributed by atoms with Gasteiger partial charge in [-0.2, -0.15) is 0 Å². The molecule has 0 spiro atoms. The van der Waals surface area contributed by atoms with Gasteiger partial charge in [-0.15, -0.1) is 12.4 Å². The number of nitrogens with zero attached hydrogens (tertiary/aromatic N) is 1. The highest BCUT2D eigenvalue weighted by atomic mass is 79.9. The van der Waals surface area contributed by atoms with Crippen LogP contribution in [0.25, 0.3) is 0 Å². The molecule has 0 bridgehead atoms. The van der Waals surface area contributed by atoms with Crippen LogP contribution in [-0.4, -0.2) is 64.8 Å². The summed E-state index contributed by atoms with van der Waals surface area (Å²) in [5.41, 5.74) is 0. The quantitative estimate of drug-likeness (QED) is 0.590. The molecule has 128 valence electrons. The van der Waals surface area contributed by atoms with Crippen molar-refractivity contribution in [3.63, 3.8) is 0 Å². The molecule has 1 rings (SSSR count). The number of para-hydroxylation sites is 1. The number of rotatable bonds is 9. The molecule has 22 heavy (non-hydrogen) atoms. The van der Waals surface area contributed by atoms with Crippen LogP contribution in [0.4, 0.5) is 0 Å². The van der Waals surface area contributed by atoms with Crippen molar-refractivity contribution in [2.75, 3.05) is 26.2 Å². The lowest BCUT2D eigenvalue weighted by Gasteiger charge is -2.27. The van der Waals surface area contributed by atoms with E-state index in [1.165, 1.54) is 0 Å². The molecule has 3 atom stereocenters. The van der Waals surface area contributed by atoms with Gasteiger partial charge in [0, 0.05) is 19.6 Å². The van der Waals surface area contributed by atoms with E-state index < -0.39 is 18.3 Å². The van der Waals surface area contributed by atoms with E-state index in [0.717, 1.165) is 4.47 Å². The molecule has 3 N–H and O–H groups in total. The van der Waals surface area contributed by atoms with Gasteiger partial charge in [0.05, 0.1) is 16.7 Å². The molecular weight excluding hydrogens is 374 g/mol. The molecule has 0 heterocycles. The summed E-state index contributed by atoms with van der Waals surface area (Å²) in [6.45, 7) is 4.64. The number of aliphatic hydroxyl groups is 3. The highest BCUT2D eigenvalue weighted by Crippen LogP contribution is 2.23. The van der Waals surface area contributed by atoms with Gasteiger partial charge in [-0.3, -0.25) is 4.90 Å². The van der Waals surface area contributed by atoms with Crippen molar-refractivity contribution in [2.24, 2.45) is 0 Å². The minimum atomic E-state index is -0.699. The van der Waals surface area contributed by atoms with E-state index in [0.29, 0.717) is 25.4 Å². The van der Waals surface area contributed by atoms with E-state index in [1.807, 2.05) is 29.2 Å². The Morgan fingerprint density at radius 3 is 2.09 bits per heavy atom. The van der Waals surface area contributed by atoms with Gasteiger partial charge in [-0.1, -0.05) is 12.1 Å². The van der Waals surface area contributed by atoms with Gasteiger partial charge < -0.3 is 20.1 Å². The van der Waals surface area contributed by atoms with Gasteiger partial charge in [-0.05, 0) is 41.9 Å². The average molecular weight is 399 g/mol. The lowest BCUT2D eigenvalue weighted by molar-refractivity contribution is 0.0299. The predicted molar refractivity (Wildman–Crippen MR) is 92.7 cm³/mol. The summed E-state index contributed by atoms with van der Waals surface area (Å²) in [7, 11) is 0. The molecule has 0 aliphatic heterocycles. The number of halogens is 2. The Morgan fingerprint density at radius 2 is 1.59 bits per heavy atom. The van der Waals surface area contributed by atoms with Crippen LogP contribution in [0, 0.1) is 0 Å². The van der Waals surface area contributed by atoms with E-state index in [1.54, 1.807) is 13.8 Å². The zero-order chi connectivity index (χ0) is 15.8. The maximum atomic E-state index is 10.1. The Balaban J connectivity index is 0.00000441. The van der Waals surface area contributed by atoms with Crippen molar-refractivity contribution >= 4 is 28.3 Å². The predicted octanol–water partition coefficient (Wildman–Crippen LogP) is 1.67. The third kappa shape index (κ3) is 8.92. The highest BCUT2D eigenvalue weighted by Gasteiger charge is 2.16. The van der Waals surface area contributed by atoms with E-state index in [2.05, 4.69) is 15.9 Å². The second-order valence-electron chi connectivity index (χ2n) is 5.31. The van der Waals surface area contributed by atoms with Gasteiger partial charge in [0.25, 0.3) is 0 Å². The monoisotopic (exact) mass is 397 g/mol. The van der Waals surface area contributed by atoms with Crippen LogP contribution < -0.4 is 4.74 Å². The maximum absolute atomic E-state index is 10.1. The van der Waals surface area contributed by atoms with Crippen LogP contribution in [0.2, 0.25) is 0 Å². The van der Waals surface area contributed by atoms with Crippen molar-refractivity contribution < 1.29 is 20.1 Å². The molecule has 0 aromatic heterocycles. The third-order valence-corrected chi connectivity index (χ3v) is 3.44. The number of hydrogen-bond acceptors (Lipinski definition) is 5. The van der Waals surface area contributed by atoms with Gasteiger partial charge in [0.2, 0.25) is 0 Å². The first-order valence-corrected chi connectivity index (χ1v) is 7.81. The fraction of sp³-hybridized carbons (Fsp3) is 0.600. The van der Waals surface area contributed by atoms with E-state index in [9.17, 15) is 15.3 Å². The Labute approximate surface area is 146 Å². The topological polar surface area (TPSA) is 73.2 Å². The Hall–Kier alpha value is -0.370. The lowest BCUT2D eigenvalue weighted by atomic mass is 10.2. The second-order valence-corrected chi connectivity index (χ2v) is 6.17. The zero-order valence-electron chi connectivity index (χ0n) is 12.9. The van der Waals surface area contributed by atoms with Gasteiger partial charge in [0.1, 0.15) is 18.5 Å². The van der Waals surface area contributed by atoms with Crippen LogP contribution >= 0.6 is 28.3 Å². The normalized spacial score (nSPS) is 15.0. The minimum Gasteiger partial charge on any atom is -0.490 e. The number of ether oxygens (including phenoxy) is 1. The van der Waals surface area contributed by atoms with Crippen LogP contribution in [0.5, 0.6) is 5.75 Å². The number of hydrogen-bond donors (Lipinski definition) is 3. The molecule has 0 saturated heterocycles. The smallest absolute Gasteiger partial charge is 0.133 e. The summed E-state index contributed by atoms with van der Waals surface area (Å²) in [5, 5.41) is 29.0. The number of aliphatic hydroxyl groups excluding tert-OH is 3. The largest absolute Gasteiger partial charge is 0.490 e. The lowest BCUT2D eigenvalue weighted by Crippen LogP contribution is -2.42. The number of benzene rings is 1. The maximum Gasteiger partial charge on any atom is 0.133 e. The molecule has 5 nitrogen and oxygen atoms in total. The Morgan fingerprint density at radius 1 is 1.05 bits per heavy atom. The fourth-order valence-corrected chi connectivity index (χ4v) is 2.47. The van der Waals surface area contributed by atoms with Crippen LogP contribution in [0.15, 0.2) is 28.7 Å². The summed E-state index contributed by atoms with van der Waals surface area (Å²) >= 11 is 3.38. The van der Waals surface area contributed by atoms with Crippen molar-refractivity contribution in [2.45, 2.75) is 32.2 Å². The van der Waals surface area contributed by atoms with Gasteiger partial charge in [-0.25, -0.2) is 0 Å². The molecule has 3 unspecified atom stereocenters. The van der Waals surface area contributed by atoms with Gasteiger partial charge >= 0.3 is 0 Å². The molecule has 0 saturated carbocycles. The second kappa shape index (κ2) is 11.2. The fourth-order valence-electron chi connectivity index (χ4n) is 2.07. The molecule has 1 aromatic carbocycles. The summed E-state index contributed by atoms with van der Waals surface area (Å²) in [6.07, 6.45) is -1.73. The summed E-state index contributed by atoms with van der Waals surface area (Å²) in [5.74, 6) is 0.675. The summed E-state index contributed by atoms with van der Waals surface area (Å²) in [4.78, 5) is 1.82. The van der Waals surface area contributed by atoms with E-state index >= 15 is 0 Å². The van der Waals surface area contributed by atoms with Crippen molar-refractivity contribution in [1.82, 2.24) is 4.90 Å². The average Bonchev–Trinajstić information content (AvgIpc) is 2.36. The van der Waals surface area contributed by atoms with Crippen molar-refractivity contribution in [3.05, 3.63) is 28.7 Å². The zero-order valence-corrected chi connectivity index (χ0v) is 15.3. The molecular formula is C15H25BrClNO4. The first kappa shape index (κ1) is 21.6. The molecule has 0 radical (unpaired) electrons. The minimum absolute atomic E-state index is 0. The van der Waals surface area contributed by atoms with Gasteiger partial charge in [0.15, 0.2) is 0 Å². The molecule has 0 aliphatic rings. The first-order valence-electron chi connectivity index (χ1n) is 7.02. The molecule has 0 amide bonds. The van der Waals surface area contributed by atoms with Crippen LogP contribution in [-0.2, 0) is 0 Å². The summed E-state index contributed by atoms with van der Waals surface area (Å²) in [6, 6.07) is 7.44. The van der Waals surface area contributed by atoms with Crippen molar-refractivity contribution in [3.8, 4) is 5.75 Å². The molecule has 7 heteroatoms. The van der Waals surface area contributed by atoms with E-state index in [4.69, 9.17) is 4.74 Å².